The van der Waals surface area contributed by atoms with Gasteiger partial charge in [0.25, 0.3) is 0 Å². The monoisotopic (exact) mass is 364 g/mol. The van der Waals surface area contributed by atoms with Crippen molar-refractivity contribution in [3.05, 3.63) is 52.0 Å². The van der Waals surface area contributed by atoms with Crippen LogP contribution in [0.5, 0.6) is 0 Å². The van der Waals surface area contributed by atoms with Gasteiger partial charge >= 0.3 is 0 Å². The minimum Gasteiger partial charge on any atom is -0.338 e. The zero-order chi connectivity index (χ0) is 16.0. The van der Waals surface area contributed by atoms with E-state index in [9.17, 15) is 0 Å². The summed E-state index contributed by atoms with van der Waals surface area (Å²) in [4.78, 5) is 10.9. The molecule has 4 nitrogen and oxygen atoms in total. The molecular formula is C16H14Cl2N4S. The molecule has 2 aliphatic rings. The zero-order valence-electron chi connectivity index (χ0n) is 12.2. The Hall–Kier alpha value is -1.43. The third kappa shape index (κ3) is 2.67. The molecule has 0 radical (unpaired) electrons. The van der Waals surface area contributed by atoms with Gasteiger partial charge in [-0.15, -0.1) is 0 Å². The summed E-state index contributed by atoms with van der Waals surface area (Å²) in [5, 5.41) is 5.05. The first-order chi connectivity index (χ1) is 11.1. The van der Waals surface area contributed by atoms with Crippen molar-refractivity contribution in [3.63, 3.8) is 0 Å². The molecule has 0 amide bonds. The highest BCUT2D eigenvalue weighted by Gasteiger charge is 2.41. The molecule has 2 atom stereocenters. The zero-order valence-corrected chi connectivity index (χ0v) is 14.5. The predicted octanol–water partition coefficient (Wildman–Crippen LogP) is 4.24. The first kappa shape index (κ1) is 15.1. The molecule has 2 aliphatic heterocycles. The summed E-state index contributed by atoms with van der Waals surface area (Å²) < 4.78 is 0. The van der Waals surface area contributed by atoms with Gasteiger partial charge < -0.3 is 10.2 Å². The molecular weight excluding hydrogens is 351 g/mol. The molecule has 4 rings (SSSR count). The number of anilines is 1. The first-order valence-electron chi connectivity index (χ1n) is 7.46. The Morgan fingerprint density at radius 3 is 2.96 bits per heavy atom. The third-order valence-corrected chi connectivity index (χ3v) is 5.57. The maximum absolute atomic E-state index is 6.07. The summed E-state index contributed by atoms with van der Waals surface area (Å²) in [6.07, 6.45) is 6.65. The number of hydrogen-bond donors (Lipinski definition) is 1. The van der Waals surface area contributed by atoms with Crippen molar-refractivity contribution in [1.29, 1.82) is 0 Å². The Labute approximate surface area is 149 Å². The number of benzene rings is 1. The number of nitrogens with zero attached hydrogens (tertiary/aromatic N) is 3. The number of fused-ring (bicyclic) bond motifs is 4. The van der Waals surface area contributed by atoms with Gasteiger partial charge in [0.15, 0.2) is 5.11 Å². The van der Waals surface area contributed by atoms with Crippen molar-refractivity contribution in [1.82, 2.24) is 14.9 Å². The van der Waals surface area contributed by atoms with E-state index in [1.165, 1.54) is 5.56 Å². The lowest BCUT2D eigenvalue weighted by atomic mass is 10.00. The van der Waals surface area contributed by atoms with Crippen LogP contribution in [0.3, 0.4) is 0 Å². The fraction of sp³-hybridized carbons (Fsp3) is 0.312. The number of rotatable bonds is 1. The standard InChI is InChI=1S/C16H14Cl2N4S/c17-12-3-1-9(5-13(12)18)21-16(23)22-10-2-4-15(22)11-7-19-8-20-14(11)6-10/h1,3,5,7-8,10,15H,2,4,6H2,(H,21,23)/t10-,15+/m0/s1. The van der Waals surface area contributed by atoms with Crippen LogP contribution in [0.1, 0.15) is 30.1 Å². The highest BCUT2D eigenvalue weighted by Crippen LogP contribution is 2.43. The number of halogens is 2. The van der Waals surface area contributed by atoms with Crippen LogP contribution < -0.4 is 5.32 Å². The second kappa shape index (κ2) is 5.89. The van der Waals surface area contributed by atoms with Crippen LogP contribution in [0.15, 0.2) is 30.7 Å². The Morgan fingerprint density at radius 2 is 2.13 bits per heavy atom. The minimum atomic E-state index is 0.257. The molecule has 0 aliphatic carbocycles. The number of aromatic nitrogens is 2. The lowest BCUT2D eigenvalue weighted by molar-refractivity contribution is 0.294. The Bertz CT molecular complexity index is 782. The maximum atomic E-state index is 6.07. The molecule has 0 spiro atoms. The summed E-state index contributed by atoms with van der Waals surface area (Å²) in [5.41, 5.74) is 3.19. The fourth-order valence-corrected chi connectivity index (χ4v) is 4.19. The Kier molecular flexibility index (Phi) is 3.87. The highest BCUT2D eigenvalue weighted by molar-refractivity contribution is 7.80. The van der Waals surface area contributed by atoms with E-state index in [4.69, 9.17) is 35.4 Å². The molecule has 2 bridgehead atoms. The van der Waals surface area contributed by atoms with Gasteiger partial charge in [0.2, 0.25) is 0 Å². The van der Waals surface area contributed by atoms with E-state index in [0.717, 1.165) is 30.6 Å². The molecule has 1 fully saturated rings. The van der Waals surface area contributed by atoms with Crippen molar-refractivity contribution in [2.24, 2.45) is 0 Å². The average Bonchev–Trinajstić information content (AvgIpc) is 2.86. The van der Waals surface area contributed by atoms with Gasteiger partial charge in [0, 0.05) is 29.9 Å². The van der Waals surface area contributed by atoms with Crippen molar-refractivity contribution in [2.45, 2.75) is 31.3 Å². The SMILES string of the molecule is S=C(Nc1ccc(Cl)c(Cl)c1)N1[C@H]2CC[C@@H]1c1cncnc1C2. The summed E-state index contributed by atoms with van der Waals surface area (Å²) in [5.74, 6) is 0. The van der Waals surface area contributed by atoms with Gasteiger partial charge in [-0.05, 0) is 43.3 Å². The van der Waals surface area contributed by atoms with E-state index in [1.54, 1.807) is 18.5 Å². The van der Waals surface area contributed by atoms with E-state index >= 15 is 0 Å². The van der Waals surface area contributed by atoms with Gasteiger partial charge in [0.05, 0.1) is 21.8 Å². The van der Waals surface area contributed by atoms with Crippen LogP contribution >= 0.6 is 35.4 Å². The molecule has 118 valence electrons. The van der Waals surface area contributed by atoms with Crippen LogP contribution in [-0.4, -0.2) is 26.0 Å². The van der Waals surface area contributed by atoms with E-state index in [-0.39, 0.29) is 6.04 Å². The molecule has 0 saturated carbocycles. The maximum Gasteiger partial charge on any atom is 0.174 e. The molecule has 2 aromatic rings. The average molecular weight is 365 g/mol. The quantitative estimate of drug-likeness (QED) is 0.766. The van der Waals surface area contributed by atoms with E-state index in [0.29, 0.717) is 21.2 Å². The van der Waals surface area contributed by atoms with Crippen molar-refractivity contribution < 1.29 is 0 Å². The van der Waals surface area contributed by atoms with Crippen LogP contribution in [0.2, 0.25) is 10.0 Å². The summed E-state index contributed by atoms with van der Waals surface area (Å²) >= 11 is 17.7. The molecule has 1 aromatic heterocycles. The molecule has 1 saturated heterocycles. The fourth-order valence-electron chi connectivity index (χ4n) is 3.50. The van der Waals surface area contributed by atoms with Crippen molar-refractivity contribution in [2.75, 3.05) is 5.32 Å². The Morgan fingerprint density at radius 1 is 1.26 bits per heavy atom. The smallest absolute Gasteiger partial charge is 0.174 e. The molecule has 1 N–H and O–H groups in total. The molecule has 1 aromatic carbocycles. The minimum absolute atomic E-state index is 0.257. The van der Waals surface area contributed by atoms with Crippen molar-refractivity contribution >= 4 is 46.2 Å². The first-order valence-corrected chi connectivity index (χ1v) is 8.63. The van der Waals surface area contributed by atoms with Gasteiger partial charge in [-0.2, -0.15) is 0 Å². The van der Waals surface area contributed by atoms with Gasteiger partial charge in [-0.3, -0.25) is 0 Å². The van der Waals surface area contributed by atoms with E-state index in [1.807, 2.05) is 12.3 Å². The predicted molar refractivity (Wildman–Crippen MR) is 96.0 cm³/mol. The lowest BCUT2D eigenvalue weighted by Crippen LogP contribution is -2.44. The summed E-state index contributed by atoms with van der Waals surface area (Å²) in [6.45, 7) is 0. The molecule has 0 unspecified atom stereocenters. The van der Waals surface area contributed by atoms with Crippen LogP contribution in [0.4, 0.5) is 5.69 Å². The van der Waals surface area contributed by atoms with E-state index in [2.05, 4.69) is 20.2 Å². The normalized spacial score (nSPS) is 21.9. The third-order valence-electron chi connectivity index (χ3n) is 4.52. The molecule has 23 heavy (non-hydrogen) atoms. The number of thiocarbonyl (C=S) groups is 1. The van der Waals surface area contributed by atoms with Crippen LogP contribution in [0, 0.1) is 0 Å². The molecule has 7 heteroatoms. The van der Waals surface area contributed by atoms with Gasteiger partial charge in [0.1, 0.15) is 6.33 Å². The molecule has 3 heterocycles. The second-order valence-corrected chi connectivity index (χ2v) is 7.04. The number of nitrogens with one attached hydrogen (secondary N) is 1. The topological polar surface area (TPSA) is 41.0 Å². The Balaban J connectivity index is 1.59. The highest BCUT2D eigenvalue weighted by atomic mass is 35.5. The lowest BCUT2D eigenvalue weighted by Gasteiger charge is -2.37. The van der Waals surface area contributed by atoms with Crippen LogP contribution in [-0.2, 0) is 6.42 Å². The van der Waals surface area contributed by atoms with Crippen LogP contribution in [0.25, 0.3) is 0 Å². The van der Waals surface area contributed by atoms with Gasteiger partial charge in [-0.1, -0.05) is 23.2 Å². The number of hydrogen-bond acceptors (Lipinski definition) is 3. The summed E-state index contributed by atoms with van der Waals surface area (Å²) in [6, 6.07) is 6.09. The van der Waals surface area contributed by atoms with E-state index < -0.39 is 0 Å². The second-order valence-electron chi connectivity index (χ2n) is 5.84. The summed E-state index contributed by atoms with van der Waals surface area (Å²) in [7, 11) is 0. The van der Waals surface area contributed by atoms with Gasteiger partial charge in [-0.25, -0.2) is 9.97 Å². The largest absolute Gasteiger partial charge is 0.338 e. The van der Waals surface area contributed by atoms with Crippen molar-refractivity contribution in [3.8, 4) is 0 Å².